The zero-order valence-electron chi connectivity index (χ0n) is 20.1. The summed E-state index contributed by atoms with van der Waals surface area (Å²) in [5, 5.41) is 3.31. The van der Waals surface area contributed by atoms with E-state index in [0.717, 1.165) is 16.9 Å². The van der Waals surface area contributed by atoms with Crippen molar-refractivity contribution in [2.45, 2.75) is 31.8 Å². The van der Waals surface area contributed by atoms with E-state index in [4.69, 9.17) is 21.1 Å². The fourth-order valence-corrected chi connectivity index (χ4v) is 3.99. The van der Waals surface area contributed by atoms with Gasteiger partial charge in [-0.05, 0) is 53.9 Å². The van der Waals surface area contributed by atoms with Crippen molar-refractivity contribution >= 4 is 23.4 Å². The Labute approximate surface area is 211 Å². The van der Waals surface area contributed by atoms with Gasteiger partial charge in [0.05, 0.1) is 13.7 Å². The highest BCUT2D eigenvalue weighted by Gasteiger charge is 2.29. The van der Waals surface area contributed by atoms with Crippen LogP contribution < -0.4 is 14.8 Å². The minimum Gasteiger partial charge on any atom is -0.497 e. The standard InChI is InChI=1S/C28H31ClN2O4/c1-30-28(33)26(19-21-8-4-3-5-9-21)31(20-22-10-6-11-23(29)18-22)27(32)12-7-17-35-25-15-13-24(34-2)14-16-25/h3-6,8-11,13-16,18,26H,7,12,17,19-20H2,1-2H3,(H,30,33)/t26-/m1/s1. The van der Waals surface area contributed by atoms with Crippen molar-refractivity contribution in [2.75, 3.05) is 20.8 Å². The second kappa shape index (κ2) is 13.4. The Morgan fingerprint density at radius 2 is 1.63 bits per heavy atom. The molecule has 3 aromatic carbocycles. The van der Waals surface area contributed by atoms with Crippen LogP contribution in [-0.2, 0) is 22.6 Å². The molecule has 0 saturated carbocycles. The molecule has 0 heterocycles. The number of halogens is 1. The van der Waals surface area contributed by atoms with Crippen molar-refractivity contribution in [2.24, 2.45) is 0 Å². The van der Waals surface area contributed by atoms with Gasteiger partial charge in [-0.3, -0.25) is 9.59 Å². The van der Waals surface area contributed by atoms with Gasteiger partial charge in [-0.15, -0.1) is 0 Å². The first-order valence-electron chi connectivity index (χ1n) is 11.6. The van der Waals surface area contributed by atoms with Crippen molar-refractivity contribution in [1.29, 1.82) is 0 Å². The van der Waals surface area contributed by atoms with E-state index in [2.05, 4.69) is 5.32 Å². The van der Waals surface area contributed by atoms with Crippen LogP contribution in [0.2, 0.25) is 5.02 Å². The van der Waals surface area contributed by atoms with E-state index in [1.54, 1.807) is 25.1 Å². The molecule has 0 fully saturated rings. The summed E-state index contributed by atoms with van der Waals surface area (Å²) in [5.74, 6) is 1.13. The Balaban J connectivity index is 1.72. The van der Waals surface area contributed by atoms with Crippen LogP contribution in [0.1, 0.15) is 24.0 Å². The molecule has 0 radical (unpaired) electrons. The molecule has 184 valence electrons. The maximum Gasteiger partial charge on any atom is 0.242 e. The van der Waals surface area contributed by atoms with Gasteiger partial charge in [0.25, 0.3) is 0 Å². The lowest BCUT2D eigenvalue weighted by molar-refractivity contribution is -0.141. The smallest absolute Gasteiger partial charge is 0.242 e. The molecule has 0 spiro atoms. The second-order valence-corrected chi connectivity index (χ2v) is 8.54. The lowest BCUT2D eigenvalue weighted by atomic mass is 10.0. The maximum absolute atomic E-state index is 13.4. The summed E-state index contributed by atoms with van der Waals surface area (Å²) in [4.78, 5) is 28.0. The molecule has 3 aromatic rings. The molecule has 35 heavy (non-hydrogen) atoms. The van der Waals surface area contributed by atoms with Crippen molar-refractivity contribution in [3.05, 3.63) is 95.0 Å². The summed E-state index contributed by atoms with van der Waals surface area (Å²) in [5.41, 5.74) is 1.84. The normalized spacial score (nSPS) is 11.4. The third kappa shape index (κ3) is 8.04. The number of rotatable bonds is 12. The van der Waals surface area contributed by atoms with Gasteiger partial charge >= 0.3 is 0 Å². The Morgan fingerprint density at radius 3 is 2.29 bits per heavy atom. The summed E-state index contributed by atoms with van der Waals surface area (Å²) in [6, 6.07) is 23.7. The number of ether oxygens (including phenoxy) is 2. The number of nitrogens with zero attached hydrogens (tertiary/aromatic N) is 1. The lowest BCUT2D eigenvalue weighted by Gasteiger charge is -2.31. The molecular weight excluding hydrogens is 464 g/mol. The van der Waals surface area contributed by atoms with Gasteiger partial charge in [-0.25, -0.2) is 0 Å². The highest BCUT2D eigenvalue weighted by atomic mass is 35.5. The summed E-state index contributed by atoms with van der Waals surface area (Å²) >= 11 is 6.18. The van der Waals surface area contributed by atoms with E-state index in [1.165, 1.54) is 0 Å². The summed E-state index contributed by atoms with van der Waals surface area (Å²) < 4.78 is 10.9. The number of nitrogens with one attached hydrogen (secondary N) is 1. The third-order valence-corrected chi connectivity index (χ3v) is 5.86. The first kappa shape index (κ1) is 26.1. The molecule has 0 bridgehead atoms. The number of amides is 2. The van der Waals surface area contributed by atoms with Crippen molar-refractivity contribution < 1.29 is 19.1 Å². The fourth-order valence-electron chi connectivity index (χ4n) is 3.78. The Hall–Kier alpha value is -3.51. The molecule has 6 nitrogen and oxygen atoms in total. The monoisotopic (exact) mass is 494 g/mol. The second-order valence-electron chi connectivity index (χ2n) is 8.10. The van der Waals surface area contributed by atoms with Gasteiger partial charge < -0.3 is 19.7 Å². The molecule has 0 aliphatic rings. The number of carbonyl (C=O) groups is 2. The van der Waals surface area contributed by atoms with E-state index >= 15 is 0 Å². The van der Waals surface area contributed by atoms with Crippen LogP contribution in [0.4, 0.5) is 0 Å². The van der Waals surface area contributed by atoms with Gasteiger partial charge in [0, 0.05) is 31.5 Å². The summed E-state index contributed by atoms with van der Waals surface area (Å²) in [6.45, 7) is 0.663. The van der Waals surface area contributed by atoms with Crippen LogP contribution in [0.3, 0.4) is 0 Å². The Kier molecular flexibility index (Phi) is 9.99. The van der Waals surface area contributed by atoms with Gasteiger partial charge in [0.1, 0.15) is 17.5 Å². The highest BCUT2D eigenvalue weighted by Crippen LogP contribution is 2.20. The minimum atomic E-state index is -0.656. The van der Waals surface area contributed by atoms with Crippen LogP contribution >= 0.6 is 11.6 Å². The molecule has 0 unspecified atom stereocenters. The summed E-state index contributed by atoms with van der Waals surface area (Å²) in [6.07, 6.45) is 1.18. The first-order valence-corrected chi connectivity index (χ1v) is 11.9. The number of likely N-dealkylation sites (N-methyl/N-ethyl adjacent to an activating group) is 1. The van der Waals surface area contributed by atoms with Crippen LogP contribution in [0, 0.1) is 0 Å². The van der Waals surface area contributed by atoms with Gasteiger partial charge in [-0.1, -0.05) is 54.1 Å². The molecule has 2 amide bonds. The van der Waals surface area contributed by atoms with Crippen molar-refractivity contribution in [1.82, 2.24) is 10.2 Å². The number of benzene rings is 3. The number of hydrogen-bond donors (Lipinski definition) is 1. The summed E-state index contributed by atoms with van der Waals surface area (Å²) in [7, 11) is 3.20. The average molecular weight is 495 g/mol. The molecule has 7 heteroatoms. The number of carbonyl (C=O) groups excluding carboxylic acids is 2. The van der Waals surface area contributed by atoms with Crippen LogP contribution in [-0.4, -0.2) is 43.5 Å². The average Bonchev–Trinajstić information content (AvgIpc) is 2.89. The van der Waals surface area contributed by atoms with Crippen molar-refractivity contribution in [3.63, 3.8) is 0 Å². The zero-order chi connectivity index (χ0) is 25.0. The van der Waals surface area contributed by atoms with Crippen LogP contribution in [0.15, 0.2) is 78.9 Å². The SMILES string of the molecule is CNC(=O)[C@@H](Cc1ccccc1)N(Cc1cccc(Cl)c1)C(=O)CCCOc1ccc(OC)cc1. The number of methoxy groups -OCH3 is 1. The van der Waals surface area contributed by atoms with Gasteiger partial charge in [0.2, 0.25) is 11.8 Å². The third-order valence-electron chi connectivity index (χ3n) is 5.62. The molecule has 0 aliphatic carbocycles. The highest BCUT2D eigenvalue weighted by molar-refractivity contribution is 6.30. The molecule has 0 saturated heterocycles. The van der Waals surface area contributed by atoms with E-state index in [-0.39, 0.29) is 24.8 Å². The van der Waals surface area contributed by atoms with Crippen molar-refractivity contribution in [3.8, 4) is 11.5 Å². The Morgan fingerprint density at radius 1 is 0.943 bits per heavy atom. The van der Waals surface area contributed by atoms with E-state index < -0.39 is 6.04 Å². The van der Waals surface area contributed by atoms with Gasteiger partial charge in [-0.2, -0.15) is 0 Å². The largest absolute Gasteiger partial charge is 0.497 e. The molecule has 1 atom stereocenters. The molecule has 0 aromatic heterocycles. The Bertz CT molecular complexity index is 1090. The van der Waals surface area contributed by atoms with Crippen LogP contribution in [0.25, 0.3) is 0 Å². The van der Waals surface area contributed by atoms with Gasteiger partial charge in [0.15, 0.2) is 0 Å². The van der Waals surface area contributed by atoms with E-state index in [9.17, 15) is 9.59 Å². The predicted octanol–water partition coefficient (Wildman–Crippen LogP) is 4.89. The molecular formula is C28H31ClN2O4. The van der Waals surface area contributed by atoms with E-state index in [1.807, 2.05) is 72.8 Å². The van der Waals surface area contributed by atoms with E-state index in [0.29, 0.717) is 30.2 Å². The zero-order valence-corrected chi connectivity index (χ0v) is 20.8. The predicted molar refractivity (Wildman–Crippen MR) is 138 cm³/mol. The minimum absolute atomic E-state index is 0.118. The maximum atomic E-state index is 13.4. The molecule has 0 aliphatic heterocycles. The molecule has 3 rings (SSSR count). The lowest BCUT2D eigenvalue weighted by Crippen LogP contribution is -2.49. The van der Waals surface area contributed by atoms with Crippen LogP contribution in [0.5, 0.6) is 11.5 Å². The first-order chi connectivity index (χ1) is 17.0. The topological polar surface area (TPSA) is 67.9 Å². The fraction of sp³-hybridized carbons (Fsp3) is 0.286. The number of hydrogen-bond acceptors (Lipinski definition) is 4. The quantitative estimate of drug-likeness (QED) is 0.364. The molecule has 1 N–H and O–H groups in total.